The van der Waals surface area contributed by atoms with Gasteiger partial charge in [0.1, 0.15) is 5.75 Å². The van der Waals surface area contributed by atoms with Crippen LogP contribution in [0.3, 0.4) is 0 Å². The minimum atomic E-state index is -3.33. The lowest BCUT2D eigenvalue weighted by Crippen LogP contribution is -2.05. The number of hydrogen-bond donors (Lipinski definition) is 0. The van der Waals surface area contributed by atoms with Crippen LogP contribution in [0.5, 0.6) is 5.75 Å². The molecule has 0 aliphatic heterocycles. The van der Waals surface area contributed by atoms with E-state index in [1.165, 1.54) is 5.57 Å². The van der Waals surface area contributed by atoms with Crippen molar-refractivity contribution >= 4 is 16.2 Å². The predicted molar refractivity (Wildman–Crippen MR) is 69.9 cm³/mol. The summed E-state index contributed by atoms with van der Waals surface area (Å²) >= 11 is 0. The van der Waals surface area contributed by atoms with Crippen LogP contribution in [0.2, 0.25) is 0 Å². The van der Waals surface area contributed by atoms with Gasteiger partial charge in [0.05, 0.1) is 20.0 Å². The Morgan fingerprint density at radius 1 is 1.33 bits per heavy atom. The lowest BCUT2D eigenvalue weighted by molar-refractivity contribution is 0.310. The van der Waals surface area contributed by atoms with Crippen LogP contribution in [-0.2, 0) is 14.3 Å². The molecule has 2 rings (SSSR count). The maximum atomic E-state index is 10.8. The quantitative estimate of drug-likeness (QED) is 0.767. The van der Waals surface area contributed by atoms with Crippen molar-refractivity contribution in [1.29, 1.82) is 0 Å². The molecule has 1 saturated carbocycles. The highest BCUT2D eigenvalue weighted by Crippen LogP contribution is 2.39. The average molecular weight is 268 g/mol. The van der Waals surface area contributed by atoms with E-state index in [9.17, 15) is 8.42 Å². The van der Waals surface area contributed by atoms with Gasteiger partial charge < -0.3 is 4.74 Å². The van der Waals surface area contributed by atoms with Crippen molar-refractivity contribution in [3.8, 4) is 5.75 Å². The van der Waals surface area contributed by atoms with E-state index in [-0.39, 0.29) is 12.5 Å². The Bertz CT molecular complexity index is 543. The summed E-state index contributed by atoms with van der Waals surface area (Å²) in [7, 11) is -1.70. The molecule has 98 valence electrons. The Balaban J connectivity index is 1.91. The molecule has 4 nitrogen and oxygen atoms in total. The Kier molecular flexibility index (Phi) is 3.73. The molecule has 0 bridgehead atoms. The fraction of sp³-hybridized carbons (Fsp3) is 0.385. The monoisotopic (exact) mass is 268 g/mol. The third kappa shape index (κ3) is 3.85. The second-order valence-corrected chi connectivity index (χ2v) is 6.03. The number of hydrogen-bond acceptors (Lipinski definition) is 4. The summed E-state index contributed by atoms with van der Waals surface area (Å²) in [5.41, 5.74) is 2.32. The molecule has 1 aromatic carbocycles. The largest absolute Gasteiger partial charge is 0.497 e. The van der Waals surface area contributed by atoms with E-state index in [2.05, 4.69) is 6.08 Å². The number of methoxy groups -OCH3 is 1. The molecule has 18 heavy (non-hydrogen) atoms. The third-order valence-corrected chi connectivity index (χ3v) is 3.36. The van der Waals surface area contributed by atoms with Gasteiger partial charge in [-0.15, -0.1) is 0 Å². The molecular formula is C13H16O4S. The Hall–Kier alpha value is -1.33. The Morgan fingerprint density at radius 3 is 2.56 bits per heavy atom. The van der Waals surface area contributed by atoms with E-state index in [0.29, 0.717) is 0 Å². The lowest BCUT2D eigenvalue weighted by Gasteiger charge is -1.99. The van der Waals surface area contributed by atoms with Crippen molar-refractivity contribution in [2.75, 3.05) is 20.0 Å². The second kappa shape index (κ2) is 5.12. The highest BCUT2D eigenvalue weighted by molar-refractivity contribution is 7.85. The smallest absolute Gasteiger partial charge is 0.264 e. The molecule has 0 spiro atoms. The first-order valence-corrected chi connectivity index (χ1v) is 7.48. The molecule has 1 unspecified atom stereocenters. The van der Waals surface area contributed by atoms with Crippen LogP contribution in [0.4, 0.5) is 0 Å². The van der Waals surface area contributed by atoms with Crippen molar-refractivity contribution < 1.29 is 17.3 Å². The zero-order valence-electron chi connectivity index (χ0n) is 10.4. The Labute approximate surface area is 107 Å². The maximum absolute atomic E-state index is 10.8. The van der Waals surface area contributed by atoms with Gasteiger partial charge in [-0.1, -0.05) is 23.8 Å². The zero-order chi connectivity index (χ0) is 13.2. The summed E-state index contributed by atoms with van der Waals surface area (Å²) in [5.74, 6) is 1.06. The molecule has 0 N–H and O–H groups in total. The van der Waals surface area contributed by atoms with Crippen LogP contribution in [-0.4, -0.2) is 28.4 Å². The van der Waals surface area contributed by atoms with Crippen molar-refractivity contribution in [1.82, 2.24) is 0 Å². The fourth-order valence-corrected chi connectivity index (χ4v) is 2.10. The summed E-state index contributed by atoms with van der Waals surface area (Å²) in [6, 6.07) is 7.74. The van der Waals surface area contributed by atoms with Gasteiger partial charge in [-0.3, -0.25) is 4.18 Å². The highest BCUT2D eigenvalue weighted by Gasteiger charge is 2.30. The van der Waals surface area contributed by atoms with E-state index in [4.69, 9.17) is 8.92 Å². The van der Waals surface area contributed by atoms with Gasteiger partial charge in [-0.25, -0.2) is 0 Å². The minimum Gasteiger partial charge on any atom is -0.497 e. The van der Waals surface area contributed by atoms with Gasteiger partial charge in [-0.05, 0) is 24.1 Å². The van der Waals surface area contributed by atoms with Crippen LogP contribution in [0.15, 0.2) is 29.8 Å². The predicted octanol–water partition coefficient (Wildman–Crippen LogP) is 2.07. The molecule has 1 fully saturated rings. The molecule has 0 aromatic heterocycles. The van der Waals surface area contributed by atoms with Gasteiger partial charge in [0.15, 0.2) is 0 Å². The third-order valence-electron chi connectivity index (χ3n) is 2.80. The summed E-state index contributed by atoms with van der Waals surface area (Å²) in [6.07, 6.45) is 4.04. The first-order valence-electron chi connectivity index (χ1n) is 5.67. The van der Waals surface area contributed by atoms with Gasteiger partial charge in [0, 0.05) is 5.92 Å². The zero-order valence-corrected chi connectivity index (χ0v) is 11.2. The number of ether oxygens (including phenoxy) is 1. The fourth-order valence-electron chi connectivity index (χ4n) is 1.69. The molecule has 1 aliphatic rings. The van der Waals surface area contributed by atoms with Crippen LogP contribution in [0.25, 0.3) is 6.08 Å². The van der Waals surface area contributed by atoms with Gasteiger partial charge in [0.2, 0.25) is 0 Å². The highest BCUT2D eigenvalue weighted by atomic mass is 32.2. The van der Waals surface area contributed by atoms with Crippen LogP contribution in [0.1, 0.15) is 12.0 Å². The average Bonchev–Trinajstić information content (AvgIpc) is 3.05. The normalized spacial score (nSPS) is 21.0. The Morgan fingerprint density at radius 2 is 2.00 bits per heavy atom. The molecule has 0 radical (unpaired) electrons. The van der Waals surface area contributed by atoms with E-state index in [1.807, 2.05) is 24.3 Å². The topological polar surface area (TPSA) is 52.6 Å². The number of rotatable bonds is 5. The summed E-state index contributed by atoms with van der Waals surface area (Å²) in [6.45, 7) is 0.251. The molecular weight excluding hydrogens is 252 g/mol. The van der Waals surface area contributed by atoms with Crippen molar-refractivity contribution in [3.05, 3.63) is 35.4 Å². The van der Waals surface area contributed by atoms with Crippen LogP contribution < -0.4 is 4.74 Å². The van der Waals surface area contributed by atoms with Gasteiger partial charge in [-0.2, -0.15) is 8.42 Å². The molecule has 5 heteroatoms. The summed E-state index contributed by atoms with van der Waals surface area (Å²) < 4.78 is 31.5. The van der Waals surface area contributed by atoms with Gasteiger partial charge in [0.25, 0.3) is 10.1 Å². The summed E-state index contributed by atoms with van der Waals surface area (Å²) in [4.78, 5) is 0. The number of benzene rings is 1. The molecule has 1 atom stereocenters. The standard InChI is InChI=1S/C13H16O4S/c1-16-13-5-3-10(4-6-13)7-11-8-12(11)9-17-18(2,14)15/h3-7,12H,8-9H2,1-2H3/b11-7+. The van der Waals surface area contributed by atoms with Crippen molar-refractivity contribution in [2.45, 2.75) is 6.42 Å². The SMILES string of the molecule is COc1ccc(/C=C2\CC2COS(C)(=O)=O)cc1. The van der Waals surface area contributed by atoms with Crippen LogP contribution in [0, 0.1) is 5.92 Å². The molecule has 0 heterocycles. The second-order valence-electron chi connectivity index (χ2n) is 4.38. The van der Waals surface area contributed by atoms with Crippen LogP contribution >= 0.6 is 0 Å². The van der Waals surface area contributed by atoms with Gasteiger partial charge >= 0.3 is 0 Å². The van der Waals surface area contributed by atoms with E-state index in [1.54, 1.807) is 7.11 Å². The van der Waals surface area contributed by atoms with E-state index < -0.39 is 10.1 Å². The first-order chi connectivity index (χ1) is 8.48. The molecule has 0 saturated heterocycles. The summed E-state index contributed by atoms with van der Waals surface area (Å²) in [5, 5.41) is 0. The van der Waals surface area contributed by atoms with Crippen molar-refractivity contribution in [3.63, 3.8) is 0 Å². The maximum Gasteiger partial charge on any atom is 0.264 e. The molecule has 1 aromatic rings. The first kappa shape index (κ1) is 13.1. The molecule has 1 aliphatic carbocycles. The molecule has 0 amide bonds. The van der Waals surface area contributed by atoms with E-state index in [0.717, 1.165) is 24.0 Å². The lowest BCUT2D eigenvalue weighted by atomic mass is 10.2. The van der Waals surface area contributed by atoms with Crippen molar-refractivity contribution in [2.24, 2.45) is 5.92 Å². The van der Waals surface area contributed by atoms with E-state index >= 15 is 0 Å². The minimum absolute atomic E-state index is 0.238.